The summed E-state index contributed by atoms with van der Waals surface area (Å²) in [6, 6.07) is 2.75. The van der Waals surface area contributed by atoms with Crippen LogP contribution in [0.2, 0.25) is 0 Å². The van der Waals surface area contributed by atoms with Crippen molar-refractivity contribution in [3.8, 4) is 11.6 Å². The van der Waals surface area contributed by atoms with Gasteiger partial charge < -0.3 is 9.42 Å². The smallest absolute Gasteiger partial charge is 0.280 e. The largest absolute Gasteiger partial charge is 0.336 e. The van der Waals surface area contributed by atoms with E-state index in [1.54, 1.807) is 10.9 Å². The average molecular weight is 386 g/mol. The van der Waals surface area contributed by atoms with Crippen molar-refractivity contribution >= 4 is 5.91 Å². The van der Waals surface area contributed by atoms with Gasteiger partial charge in [-0.3, -0.25) is 4.79 Å². The van der Waals surface area contributed by atoms with Gasteiger partial charge in [-0.1, -0.05) is 10.4 Å². The lowest BCUT2D eigenvalue weighted by Crippen LogP contribution is -2.30. The van der Waals surface area contributed by atoms with E-state index in [4.69, 9.17) is 4.52 Å². The Bertz CT molecular complexity index is 1040. The molecule has 28 heavy (non-hydrogen) atoms. The molecule has 8 nitrogen and oxygen atoms in total. The summed E-state index contributed by atoms with van der Waals surface area (Å²) in [5, 5.41) is 12.2. The zero-order chi connectivity index (χ0) is 19.3. The highest BCUT2D eigenvalue weighted by Gasteiger charge is 2.32. The van der Waals surface area contributed by atoms with Gasteiger partial charge in [0.1, 0.15) is 11.6 Å². The highest BCUT2D eigenvalue weighted by Crippen LogP contribution is 2.38. The maximum atomic E-state index is 13.9. The van der Waals surface area contributed by atoms with Crippen LogP contribution in [0.15, 0.2) is 28.9 Å². The summed E-state index contributed by atoms with van der Waals surface area (Å²) < 4.78 is 34.2. The van der Waals surface area contributed by atoms with Crippen LogP contribution >= 0.6 is 0 Å². The number of halogens is 2. The second-order valence-corrected chi connectivity index (χ2v) is 7.13. The van der Waals surface area contributed by atoms with E-state index in [0.717, 1.165) is 31.0 Å². The third-order valence-electron chi connectivity index (χ3n) is 5.10. The minimum atomic E-state index is -0.735. The maximum absolute atomic E-state index is 13.9. The number of rotatable bonds is 4. The molecule has 2 fully saturated rings. The van der Waals surface area contributed by atoms with Gasteiger partial charge in [0.25, 0.3) is 11.8 Å². The average Bonchev–Trinajstić information content (AvgIpc) is 3.12. The molecular weight excluding hydrogens is 370 g/mol. The van der Waals surface area contributed by atoms with Gasteiger partial charge in [0.15, 0.2) is 11.5 Å². The Hall–Kier alpha value is -3.17. The lowest BCUT2D eigenvalue weighted by Gasteiger charge is -2.17. The Balaban J connectivity index is 1.30. The Morgan fingerprint density at radius 1 is 1.21 bits per heavy atom. The van der Waals surface area contributed by atoms with Crippen LogP contribution in [0.4, 0.5) is 8.78 Å². The van der Waals surface area contributed by atoms with Crippen molar-refractivity contribution in [1.29, 1.82) is 0 Å². The molecule has 0 unspecified atom stereocenters. The number of aromatic nitrogens is 5. The van der Waals surface area contributed by atoms with Gasteiger partial charge >= 0.3 is 0 Å². The van der Waals surface area contributed by atoms with Gasteiger partial charge in [0.05, 0.1) is 17.8 Å². The van der Waals surface area contributed by atoms with Crippen LogP contribution in [0.1, 0.15) is 47.4 Å². The first-order chi connectivity index (χ1) is 13.6. The van der Waals surface area contributed by atoms with Crippen LogP contribution in [0, 0.1) is 11.6 Å². The Labute approximate surface area is 158 Å². The molecule has 0 radical (unpaired) electrons. The molecule has 0 bridgehead atoms. The predicted molar refractivity (Wildman–Crippen MR) is 91.2 cm³/mol. The van der Waals surface area contributed by atoms with Crippen LogP contribution in [-0.4, -0.2) is 49.0 Å². The molecule has 144 valence electrons. The third-order valence-corrected chi connectivity index (χ3v) is 5.10. The zero-order valence-corrected chi connectivity index (χ0v) is 14.8. The second kappa shape index (κ2) is 6.47. The summed E-state index contributed by atoms with van der Waals surface area (Å²) >= 11 is 0. The number of nitrogens with zero attached hydrogens (tertiary/aromatic N) is 6. The lowest BCUT2D eigenvalue weighted by molar-refractivity contribution is 0.0781. The molecule has 0 N–H and O–H groups in total. The van der Waals surface area contributed by atoms with Crippen LogP contribution in [-0.2, 0) is 0 Å². The van der Waals surface area contributed by atoms with Gasteiger partial charge in [-0.15, -0.1) is 5.10 Å². The van der Waals surface area contributed by atoms with E-state index in [2.05, 4.69) is 20.5 Å². The Morgan fingerprint density at radius 2 is 2.07 bits per heavy atom. The van der Waals surface area contributed by atoms with Crippen molar-refractivity contribution < 1.29 is 18.1 Å². The standard InChI is InChI=1S/C18H16F2N6O2/c19-11-3-4-14(20)13(7-11)18(27)25-6-5-12(8-25)26-9-15(22-24-26)17-21-16(23-28-17)10-1-2-10/h3-4,7,9-10,12H,1-2,5-6,8H2/t12-/m0/s1. The predicted octanol–water partition coefficient (Wildman–Crippen LogP) is 2.57. The number of likely N-dealkylation sites (tertiary alicyclic amines) is 1. The van der Waals surface area contributed by atoms with Crippen molar-refractivity contribution in [3.05, 3.63) is 47.4 Å². The molecule has 1 atom stereocenters. The van der Waals surface area contributed by atoms with E-state index in [1.807, 2.05) is 0 Å². The van der Waals surface area contributed by atoms with Crippen molar-refractivity contribution in [2.75, 3.05) is 13.1 Å². The number of carbonyl (C=O) groups excluding carboxylic acids is 1. The minimum Gasteiger partial charge on any atom is -0.336 e. The zero-order valence-electron chi connectivity index (χ0n) is 14.8. The fourth-order valence-electron chi connectivity index (χ4n) is 3.37. The molecule has 1 saturated carbocycles. The SMILES string of the molecule is O=C(c1cc(F)ccc1F)N1CC[C@H](n2cc(-c3nc(C4CC4)no3)nn2)C1. The molecule has 0 spiro atoms. The monoisotopic (exact) mass is 386 g/mol. The number of hydrogen-bond donors (Lipinski definition) is 0. The number of amides is 1. The molecule has 1 aliphatic carbocycles. The number of benzene rings is 1. The van der Waals surface area contributed by atoms with Gasteiger partial charge in [0, 0.05) is 19.0 Å². The van der Waals surface area contributed by atoms with Crippen LogP contribution in [0.25, 0.3) is 11.6 Å². The first kappa shape index (κ1) is 17.0. The van der Waals surface area contributed by atoms with Crippen molar-refractivity contribution in [2.24, 2.45) is 0 Å². The van der Waals surface area contributed by atoms with E-state index in [9.17, 15) is 13.6 Å². The highest BCUT2D eigenvalue weighted by molar-refractivity contribution is 5.94. The number of hydrogen-bond acceptors (Lipinski definition) is 6. The summed E-state index contributed by atoms with van der Waals surface area (Å²) in [6.45, 7) is 0.746. The second-order valence-electron chi connectivity index (χ2n) is 7.13. The van der Waals surface area contributed by atoms with E-state index in [1.165, 1.54) is 4.90 Å². The Kier molecular flexibility index (Phi) is 3.92. The summed E-state index contributed by atoms with van der Waals surface area (Å²) in [5.41, 5.74) is 0.207. The molecule has 1 amide bonds. The van der Waals surface area contributed by atoms with Crippen molar-refractivity contribution in [3.63, 3.8) is 0 Å². The van der Waals surface area contributed by atoms with Crippen molar-refractivity contribution in [1.82, 2.24) is 30.0 Å². The Morgan fingerprint density at radius 3 is 2.89 bits per heavy atom. The minimum absolute atomic E-state index is 0.118. The molecule has 5 rings (SSSR count). The quantitative estimate of drug-likeness (QED) is 0.685. The van der Waals surface area contributed by atoms with E-state index < -0.39 is 17.5 Å². The molecule has 2 aliphatic rings. The summed E-state index contributed by atoms with van der Waals surface area (Å²) in [6.07, 6.45) is 4.47. The van der Waals surface area contributed by atoms with Gasteiger partial charge in [-0.25, -0.2) is 13.5 Å². The molecule has 10 heteroatoms. The molecule has 2 aromatic heterocycles. The highest BCUT2D eigenvalue weighted by atomic mass is 19.1. The van der Waals surface area contributed by atoms with Gasteiger partial charge in [0.2, 0.25) is 0 Å². The molecular formula is C18H16F2N6O2. The first-order valence-corrected chi connectivity index (χ1v) is 9.08. The first-order valence-electron chi connectivity index (χ1n) is 9.08. The summed E-state index contributed by atoms with van der Waals surface area (Å²) in [4.78, 5) is 18.4. The maximum Gasteiger partial charge on any atom is 0.280 e. The van der Waals surface area contributed by atoms with Gasteiger partial charge in [-0.05, 0) is 37.5 Å². The lowest BCUT2D eigenvalue weighted by atomic mass is 10.2. The van der Waals surface area contributed by atoms with E-state index in [0.29, 0.717) is 42.8 Å². The summed E-state index contributed by atoms with van der Waals surface area (Å²) in [7, 11) is 0. The molecule has 3 aromatic rings. The van der Waals surface area contributed by atoms with Crippen LogP contribution in [0.5, 0.6) is 0 Å². The molecule has 1 aromatic carbocycles. The fourth-order valence-corrected chi connectivity index (χ4v) is 3.37. The van der Waals surface area contributed by atoms with Crippen molar-refractivity contribution in [2.45, 2.75) is 31.2 Å². The normalized spacial score (nSPS) is 19.4. The molecule has 1 aliphatic heterocycles. The van der Waals surface area contributed by atoms with Crippen LogP contribution < -0.4 is 0 Å². The molecule has 3 heterocycles. The topological polar surface area (TPSA) is 89.9 Å². The van der Waals surface area contributed by atoms with Crippen LogP contribution in [0.3, 0.4) is 0 Å². The molecule has 1 saturated heterocycles. The van der Waals surface area contributed by atoms with Gasteiger partial charge in [-0.2, -0.15) is 4.98 Å². The fraction of sp³-hybridized carbons (Fsp3) is 0.389. The third kappa shape index (κ3) is 3.04. The summed E-state index contributed by atoms with van der Waals surface area (Å²) in [5.74, 6) is -0.525. The van der Waals surface area contributed by atoms with E-state index in [-0.39, 0.29) is 11.6 Å². The van der Waals surface area contributed by atoms with E-state index >= 15 is 0 Å². The number of carbonyl (C=O) groups is 1.